The van der Waals surface area contributed by atoms with Crippen LogP contribution in [0.15, 0.2) is 71.6 Å². The monoisotopic (exact) mass is 493 g/mol. The van der Waals surface area contributed by atoms with E-state index >= 15 is 0 Å². The Hall–Kier alpha value is -2.74. The van der Waals surface area contributed by atoms with Crippen LogP contribution in [0.5, 0.6) is 0 Å². The second-order valence-electron chi connectivity index (χ2n) is 9.18. The van der Waals surface area contributed by atoms with Crippen molar-refractivity contribution in [1.82, 2.24) is 14.5 Å². The van der Waals surface area contributed by atoms with Crippen molar-refractivity contribution < 1.29 is 13.2 Å². The maximum Gasteiger partial charge on any atom is 0.243 e. The van der Waals surface area contributed by atoms with E-state index in [1.165, 1.54) is 9.87 Å². The predicted molar refractivity (Wildman–Crippen MR) is 140 cm³/mol. The van der Waals surface area contributed by atoms with Crippen molar-refractivity contribution in [1.29, 1.82) is 0 Å². The highest BCUT2D eigenvalue weighted by Crippen LogP contribution is 2.26. The molecule has 0 atom stereocenters. The minimum absolute atomic E-state index is 0.0000271. The molecule has 1 amide bonds. The Balaban J connectivity index is 1.29. The SMILES string of the molecule is CCN(CC)Cc1ccc(CNC(=O)C2CCN(S(=O)(=O)c3ccc4ccccc4c3)CC2)cc1. The summed E-state index contributed by atoms with van der Waals surface area (Å²) in [6.07, 6.45) is 1.06. The molecule has 0 unspecified atom stereocenters. The van der Waals surface area contributed by atoms with E-state index < -0.39 is 10.0 Å². The summed E-state index contributed by atoms with van der Waals surface area (Å²) in [6, 6.07) is 21.4. The maximum atomic E-state index is 13.2. The number of nitrogens with one attached hydrogen (secondary N) is 1. The number of hydrogen-bond donors (Lipinski definition) is 1. The molecule has 0 saturated carbocycles. The highest BCUT2D eigenvalue weighted by Gasteiger charge is 2.32. The van der Waals surface area contributed by atoms with Gasteiger partial charge in [0.2, 0.25) is 15.9 Å². The molecule has 1 heterocycles. The molecule has 4 rings (SSSR count). The molecule has 3 aromatic carbocycles. The zero-order chi connectivity index (χ0) is 24.8. The van der Waals surface area contributed by atoms with Gasteiger partial charge in [-0.15, -0.1) is 0 Å². The van der Waals surface area contributed by atoms with Gasteiger partial charge in [0.15, 0.2) is 0 Å². The number of carbonyl (C=O) groups excluding carboxylic acids is 1. The van der Waals surface area contributed by atoms with E-state index in [0.29, 0.717) is 37.4 Å². The number of fused-ring (bicyclic) bond motifs is 1. The van der Waals surface area contributed by atoms with Crippen molar-refractivity contribution in [2.45, 2.75) is 44.7 Å². The van der Waals surface area contributed by atoms with Gasteiger partial charge < -0.3 is 5.32 Å². The zero-order valence-electron chi connectivity index (χ0n) is 20.6. The average molecular weight is 494 g/mol. The molecule has 3 aromatic rings. The van der Waals surface area contributed by atoms with E-state index in [1.54, 1.807) is 12.1 Å². The minimum Gasteiger partial charge on any atom is -0.352 e. The van der Waals surface area contributed by atoms with Crippen LogP contribution in [0, 0.1) is 5.92 Å². The molecular weight excluding hydrogens is 458 g/mol. The Morgan fingerprint density at radius 2 is 1.54 bits per heavy atom. The topological polar surface area (TPSA) is 69.7 Å². The normalized spacial score (nSPS) is 15.5. The van der Waals surface area contributed by atoms with Crippen LogP contribution in [-0.2, 0) is 27.9 Å². The molecule has 1 aliphatic rings. The molecule has 1 aliphatic heterocycles. The summed E-state index contributed by atoms with van der Waals surface area (Å²) in [5.74, 6) is -0.167. The Bertz CT molecular complexity index is 1250. The maximum absolute atomic E-state index is 13.2. The summed E-state index contributed by atoms with van der Waals surface area (Å²) in [5, 5.41) is 4.96. The Morgan fingerprint density at radius 3 is 2.20 bits per heavy atom. The summed E-state index contributed by atoms with van der Waals surface area (Å²) in [6.45, 7) is 8.50. The van der Waals surface area contributed by atoms with Gasteiger partial charge in [-0.1, -0.05) is 68.4 Å². The molecule has 0 spiro atoms. The quantitative estimate of drug-likeness (QED) is 0.480. The fraction of sp³-hybridized carbons (Fsp3) is 0.393. The first-order valence-corrected chi connectivity index (χ1v) is 13.9. The predicted octanol–water partition coefficient (Wildman–Crippen LogP) is 4.40. The smallest absolute Gasteiger partial charge is 0.243 e. The van der Waals surface area contributed by atoms with Crippen molar-refractivity contribution in [3.05, 3.63) is 77.9 Å². The molecule has 1 fully saturated rings. The van der Waals surface area contributed by atoms with Crippen LogP contribution < -0.4 is 5.32 Å². The van der Waals surface area contributed by atoms with Crippen LogP contribution in [0.4, 0.5) is 0 Å². The van der Waals surface area contributed by atoms with E-state index in [0.717, 1.165) is 36.0 Å². The van der Waals surface area contributed by atoms with Gasteiger partial charge in [-0.3, -0.25) is 9.69 Å². The summed E-state index contributed by atoms with van der Waals surface area (Å²) in [7, 11) is -3.58. The van der Waals surface area contributed by atoms with E-state index in [-0.39, 0.29) is 11.8 Å². The van der Waals surface area contributed by atoms with Crippen LogP contribution in [0.3, 0.4) is 0 Å². The van der Waals surface area contributed by atoms with Crippen molar-refractivity contribution in [3.8, 4) is 0 Å². The number of benzene rings is 3. The Labute approximate surface area is 209 Å². The Morgan fingerprint density at radius 1 is 0.914 bits per heavy atom. The largest absolute Gasteiger partial charge is 0.352 e. The number of piperidine rings is 1. The molecule has 0 bridgehead atoms. The van der Waals surface area contributed by atoms with Gasteiger partial charge in [0.25, 0.3) is 0 Å². The third kappa shape index (κ3) is 6.10. The summed E-state index contributed by atoms with van der Waals surface area (Å²) >= 11 is 0. The lowest BCUT2D eigenvalue weighted by Crippen LogP contribution is -2.42. The van der Waals surface area contributed by atoms with Crippen molar-refractivity contribution >= 4 is 26.7 Å². The molecule has 0 radical (unpaired) electrons. The number of rotatable bonds is 9. The highest BCUT2D eigenvalue weighted by molar-refractivity contribution is 7.89. The highest BCUT2D eigenvalue weighted by atomic mass is 32.2. The van der Waals surface area contributed by atoms with E-state index in [9.17, 15) is 13.2 Å². The van der Waals surface area contributed by atoms with Crippen molar-refractivity contribution in [3.63, 3.8) is 0 Å². The first-order chi connectivity index (χ1) is 16.9. The molecule has 0 aliphatic carbocycles. The fourth-order valence-electron chi connectivity index (χ4n) is 4.64. The van der Waals surface area contributed by atoms with Crippen LogP contribution in [0.1, 0.15) is 37.8 Å². The molecule has 1 N–H and O–H groups in total. The number of hydrogen-bond acceptors (Lipinski definition) is 4. The van der Waals surface area contributed by atoms with Crippen molar-refractivity contribution in [2.75, 3.05) is 26.2 Å². The van der Waals surface area contributed by atoms with E-state index in [1.807, 2.05) is 30.3 Å². The molecule has 1 saturated heterocycles. The second-order valence-corrected chi connectivity index (χ2v) is 11.1. The van der Waals surface area contributed by atoms with Gasteiger partial charge in [0, 0.05) is 32.1 Å². The molecular formula is C28H35N3O3S. The van der Waals surface area contributed by atoms with Gasteiger partial charge in [-0.05, 0) is 60.0 Å². The minimum atomic E-state index is -3.58. The summed E-state index contributed by atoms with van der Waals surface area (Å²) in [4.78, 5) is 15.4. The standard InChI is InChI=1S/C28H35N3O3S/c1-3-30(4-2)21-23-11-9-22(10-12-23)20-29-28(32)25-15-17-31(18-16-25)35(33,34)27-14-13-24-7-5-6-8-26(24)19-27/h5-14,19,25H,3-4,15-18,20-21H2,1-2H3,(H,29,32). The van der Waals surface area contributed by atoms with Crippen LogP contribution >= 0.6 is 0 Å². The van der Waals surface area contributed by atoms with Crippen LogP contribution in [0.2, 0.25) is 0 Å². The fourth-order valence-corrected chi connectivity index (χ4v) is 6.14. The van der Waals surface area contributed by atoms with Gasteiger partial charge in [-0.25, -0.2) is 8.42 Å². The zero-order valence-corrected chi connectivity index (χ0v) is 21.4. The third-order valence-corrected chi connectivity index (χ3v) is 8.87. The average Bonchev–Trinajstić information content (AvgIpc) is 2.90. The summed E-state index contributed by atoms with van der Waals surface area (Å²) < 4.78 is 27.9. The molecule has 6 nitrogen and oxygen atoms in total. The first kappa shape index (κ1) is 25.4. The van der Waals surface area contributed by atoms with Crippen LogP contribution in [0.25, 0.3) is 10.8 Å². The lowest BCUT2D eigenvalue weighted by Gasteiger charge is -2.30. The number of nitrogens with zero attached hydrogens (tertiary/aromatic N) is 2. The first-order valence-electron chi connectivity index (χ1n) is 12.5. The number of carbonyl (C=O) groups is 1. The lowest BCUT2D eigenvalue weighted by atomic mass is 9.97. The van der Waals surface area contributed by atoms with E-state index in [4.69, 9.17) is 0 Å². The van der Waals surface area contributed by atoms with Gasteiger partial charge >= 0.3 is 0 Å². The van der Waals surface area contributed by atoms with Gasteiger partial charge in [0.05, 0.1) is 4.90 Å². The summed E-state index contributed by atoms with van der Waals surface area (Å²) in [5.41, 5.74) is 2.33. The second kappa shape index (κ2) is 11.3. The molecule has 7 heteroatoms. The van der Waals surface area contributed by atoms with E-state index in [2.05, 4.69) is 48.3 Å². The number of sulfonamides is 1. The van der Waals surface area contributed by atoms with Crippen LogP contribution in [-0.4, -0.2) is 49.7 Å². The Kier molecular flexibility index (Phi) is 8.21. The van der Waals surface area contributed by atoms with Gasteiger partial charge in [-0.2, -0.15) is 4.31 Å². The van der Waals surface area contributed by atoms with Gasteiger partial charge in [0.1, 0.15) is 0 Å². The third-order valence-electron chi connectivity index (χ3n) is 6.97. The molecule has 186 valence electrons. The molecule has 0 aromatic heterocycles. The van der Waals surface area contributed by atoms with Crippen molar-refractivity contribution in [2.24, 2.45) is 5.92 Å². The number of amides is 1. The lowest BCUT2D eigenvalue weighted by molar-refractivity contribution is -0.126. The molecule has 35 heavy (non-hydrogen) atoms.